The Bertz CT molecular complexity index is 1220. The molecule has 0 amide bonds. The summed E-state index contributed by atoms with van der Waals surface area (Å²) in [5.74, 6) is 1.91. The minimum absolute atomic E-state index is 0.0340. The predicted octanol–water partition coefficient (Wildman–Crippen LogP) is 5.29. The molecule has 0 spiro atoms. The van der Waals surface area contributed by atoms with Crippen LogP contribution in [0.4, 0.5) is 0 Å². The summed E-state index contributed by atoms with van der Waals surface area (Å²) in [4.78, 5) is 13.4. The Morgan fingerprint density at radius 2 is 1.83 bits per heavy atom. The molecule has 1 aliphatic heterocycles. The molecule has 1 unspecified atom stereocenters. The first-order valence-corrected chi connectivity index (χ1v) is 12.1. The molecule has 0 fully saturated rings. The topological polar surface area (TPSA) is 76.9 Å². The van der Waals surface area contributed by atoms with Gasteiger partial charge < -0.3 is 19.7 Å². The molecule has 0 aromatic heterocycles. The molecular formula is C28H33N3O4. The Labute approximate surface area is 206 Å². The maximum atomic E-state index is 11.6. The largest absolute Gasteiger partial charge is 0.493 e. The van der Waals surface area contributed by atoms with Crippen molar-refractivity contribution in [3.05, 3.63) is 93.4 Å². The van der Waals surface area contributed by atoms with Crippen molar-refractivity contribution >= 4 is 10.8 Å². The van der Waals surface area contributed by atoms with Crippen LogP contribution in [0.5, 0.6) is 11.5 Å². The number of fused-ring (bicyclic) bond motifs is 2. The summed E-state index contributed by atoms with van der Waals surface area (Å²) < 4.78 is 11.1. The molecule has 1 N–H and O–H groups in total. The number of nitrogens with zero attached hydrogens (tertiary/aromatic N) is 2. The lowest BCUT2D eigenvalue weighted by atomic mass is 9.88. The molecule has 0 saturated heterocycles. The van der Waals surface area contributed by atoms with Crippen molar-refractivity contribution in [2.24, 2.45) is 0 Å². The van der Waals surface area contributed by atoms with Crippen LogP contribution in [0.3, 0.4) is 0 Å². The van der Waals surface area contributed by atoms with Gasteiger partial charge in [0.2, 0.25) is 0 Å². The van der Waals surface area contributed by atoms with Crippen LogP contribution >= 0.6 is 0 Å². The monoisotopic (exact) mass is 475 g/mol. The van der Waals surface area contributed by atoms with Gasteiger partial charge in [0.15, 0.2) is 17.3 Å². The minimum Gasteiger partial charge on any atom is -0.493 e. The fourth-order valence-corrected chi connectivity index (χ4v) is 4.88. The van der Waals surface area contributed by atoms with Crippen molar-refractivity contribution in [1.29, 1.82) is 0 Å². The average molecular weight is 476 g/mol. The standard InChI is InChI=1S/C28H33N3O4/c1-4-5-13-29-28(19-31(32)33)30-18-23-17-27(35-3)26(34-2)16-22(23)15-24(30)14-21-11-8-10-20-9-6-7-12-25(20)21/h6-12,16-17,19,24,29H,4-5,13-15,18H2,1-3H3/b28-19-. The Kier molecular flexibility index (Phi) is 7.75. The van der Waals surface area contributed by atoms with Gasteiger partial charge in [-0.3, -0.25) is 10.1 Å². The third kappa shape index (κ3) is 5.50. The van der Waals surface area contributed by atoms with E-state index < -0.39 is 0 Å². The minimum atomic E-state index is -0.368. The van der Waals surface area contributed by atoms with Gasteiger partial charge >= 0.3 is 0 Å². The molecule has 35 heavy (non-hydrogen) atoms. The van der Waals surface area contributed by atoms with Crippen molar-refractivity contribution in [2.75, 3.05) is 20.8 Å². The second kappa shape index (κ2) is 11.1. The zero-order valence-electron chi connectivity index (χ0n) is 20.6. The molecule has 3 aromatic rings. The number of ether oxygens (including phenoxy) is 2. The maximum absolute atomic E-state index is 11.6. The van der Waals surface area contributed by atoms with E-state index in [0.29, 0.717) is 30.4 Å². The molecule has 1 atom stereocenters. The van der Waals surface area contributed by atoms with E-state index in [9.17, 15) is 10.1 Å². The van der Waals surface area contributed by atoms with E-state index in [1.54, 1.807) is 14.2 Å². The first-order chi connectivity index (χ1) is 17.0. The van der Waals surface area contributed by atoms with Gasteiger partial charge in [-0.2, -0.15) is 0 Å². The highest BCUT2D eigenvalue weighted by Crippen LogP contribution is 2.36. The normalized spacial score (nSPS) is 15.6. The zero-order chi connectivity index (χ0) is 24.8. The van der Waals surface area contributed by atoms with Gasteiger partial charge in [-0.15, -0.1) is 0 Å². The number of hydrogen-bond acceptors (Lipinski definition) is 6. The second-order valence-corrected chi connectivity index (χ2v) is 8.88. The van der Waals surface area contributed by atoms with Crippen molar-refractivity contribution in [3.8, 4) is 11.5 Å². The highest BCUT2D eigenvalue weighted by atomic mass is 16.6. The van der Waals surface area contributed by atoms with Crippen LogP contribution in [-0.2, 0) is 19.4 Å². The number of hydrogen-bond donors (Lipinski definition) is 1. The van der Waals surface area contributed by atoms with Crippen LogP contribution in [0.25, 0.3) is 10.8 Å². The van der Waals surface area contributed by atoms with E-state index in [1.807, 2.05) is 18.2 Å². The van der Waals surface area contributed by atoms with Gasteiger partial charge in [-0.1, -0.05) is 55.8 Å². The van der Waals surface area contributed by atoms with Crippen molar-refractivity contribution in [3.63, 3.8) is 0 Å². The Hall–Kier alpha value is -3.74. The van der Waals surface area contributed by atoms with Crippen molar-refractivity contribution < 1.29 is 14.4 Å². The molecule has 0 bridgehead atoms. The quantitative estimate of drug-likeness (QED) is 0.244. The molecule has 1 heterocycles. The van der Waals surface area contributed by atoms with Crippen molar-refractivity contribution in [1.82, 2.24) is 10.2 Å². The first-order valence-electron chi connectivity index (χ1n) is 12.1. The van der Waals surface area contributed by atoms with Crippen LogP contribution in [-0.4, -0.2) is 36.6 Å². The molecule has 1 aliphatic rings. The summed E-state index contributed by atoms with van der Waals surface area (Å²) in [5.41, 5.74) is 3.50. The molecule has 7 heteroatoms. The van der Waals surface area contributed by atoms with E-state index in [0.717, 1.165) is 37.4 Å². The summed E-state index contributed by atoms with van der Waals surface area (Å²) >= 11 is 0. The molecule has 4 rings (SSSR count). The molecule has 0 aliphatic carbocycles. The third-order valence-electron chi connectivity index (χ3n) is 6.65. The molecular weight excluding hydrogens is 442 g/mol. The van der Waals surface area contributed by atoms with E-state index in [1.165, 1.54) is 21.9 Å². The molecule has 3 aromatic carbocycles. The lowest BCUT2D eigenvalue weighted by molar-refractivity contribution is -0.405. The van der Waals surface area contributed by atoms with Crippen LogP contribution in [0.2, 0.25) is 0 Å². The summed E-state index contributed by atoms with van der Waals surface area (Å²) in [7, 11) is 3.26. The maximum Gasteiger partial charge on any atom is 0.274 e. The lowest BCUT2D eigenvalue weighted by Crippen LogP contribution is -2.45. The number of nitrogens with one attached hydrogen (secondary N) is 1. The lowest BCUT2D eigenvalue weighted by Gasteiger charge is -2.39. The third-order valence-corrected chi connectivity index (χ3v) is 6.65. The number of rotatable bonds is 10. The molecule has 0 saturated carbocycles. The van der Waals surface area contributed by atoms with Gasteiger partial charge in [-0.05, 0) is 58.9 Å². The van der Waals surface area contributed by atoms with Crippen LogP contribution < -0.4 is 14.8 Å². The number of nitro groups is 1. The van der Waals surface area contributed by atoms with Gasteiger partial charge in [0, 0.05) is 19.1 Å². The molecule has 184 valence electrons. The van der Waals surface area contributed by atoms with Gasteiger partial charge in [0.1, 0.15) is 0 Å². The Morgan fingerprint density at radius 1 is 1.11 bits per heavy atom. The highest BCUT2D eigenvalue weighted by molar-refractivity contribution is 5.85. The number of benzene rings is 3. The predicted molar refractivity (Wildman–Crippen MR) is 138 cm³/mol. The van der Waals surface area contributed by atoms with Crippen molar-refractivity contribution in [2.45, 2.75) is 45.2 Å². The first kappa shape index (κ1) is 24.4. The van der Waals surface area contributed by atoms with E-state index in [2.05, 4.69) is 53.5 Å². The molecule has 7 nitrogen and oxygen atoms in total. The van der Waals surface area contributed by atoms with Crippen LogP contribution in [0.15, 0.2) is 66.6 Å². The smallest absolute Gasteiger partial charge is 0.274 e. The average Bonchev–Trinajstić information content (AvgIpc) is 2.87. The summed E-state index contributed by atoms with van der Waals surface area (Å²) in [6, 6.07) is 18.8. The SMILES string of the molecule is CCCCN/C(=C/[N+](=O)[O-])N1Cc2cc(OC)c(OC)cc2CC1Cc1cccc2ccccc12. The summed E-state index contributed by atoms with van der Waals surface area (Å²) in [6.07, 6.45) is 4.57. The number of methoxy groups -OCH3 is 2. The van der Waals surface area contributed by atoms with Crippen LogP contribution in [0.1, 0.15) is 36.5 Å². The fraction of sp³-hybridized carbons (Fsp3) is 0.357. The second-order valence-electron chi connectivity index (χ2n) is 8.88. The Morgan fingerprint density at radius 3 is 2.54 bits per heavy atom. The summed E-state index contributed by atoms with van der Waals surface area (Å²) in [5, 5.41) is 17.3. The highest BCUT2D eigenvalue weighted by Gasteiger charge is 2.31. The zero-order valence-corrected chi connectivity index (χ0v) is 20.6. The fourth-order valence-electron chi connectivity index (χ4n) is 4.88. The molecule has 0 radical (unpaired) electrons. The van der Waals surface area contributed by atoms with Gasteiger partial charge in [0.25, 0.3) is 6.20 Å². The van der Waals surface area contributed by atoms with Crippen LogP contribution in [0, 0.1) is 10.1 Å². The van der Waals surface area contributed by atoms with Gasteiger partial charge in [0.05, 0.1) is 19.1 Å². The Balaban J connectivity index is 1.76. The van der Waals surface area contributed by atoms with E-state index >= 15 is 0 Å². The van der Waals surface area contributed by atoms with E-state index in [4.69, 9.17) is 9.47 Å². The summed E-state index contributed by atoms with van der Waals surface area (Å²) in [6.45, 7) is 3.34. The van der Waals surface area contributed by atoms with Gasteiger partial charge in [-0.25, -0.2) is 0 Å². The number of unbranched alkanes of at least 4 members (excludes halogenated alkanes) is 1. The van der Waals surface area contributed by atoms with E-state index in [-0.39, 0.29) is 11.0 Å².